The first kappa shape index (κ1) is 12.9. The SMILES string of the molecule is CC1(C)CC(=O)c2ccn(-c3ccccc3I)c2C1. The summed E-state index contributed by atoms with van der Waals surface area (Å²) in [6.45, 7) is 4.34. The summed E-state index contributed by atoms with van der Waals surface area (Å²) in [5.41, 5.74) is 3.28. The molecule has 0 N–H and O–H groups in total. The number of fused-ring (bicyclic) bond motifs is 1. The van der Waals surface area contributed by atoms with Crippen LogP contribution in [0.15, 0.2) is 36.5 Å². The Kier molecular flexibility index (Phi) is 3.04. The highest BCUT2D eigenvalue weighted by Crippen LogP contribution is 2.36. The van der Waals surface area contributed by atoms with E-state index < -0.39 is 0 Å². The van der Waals surface area contributed by atoms with Gasteiger partial charge < -0.3 is 4.57 Å². The average Bonchev–Trinajstić information content (AvgIpc) is 2.72. The number of para-hydroxylation sites is 1. The van der Waals surface area contributed by atoms with Gasteiger partial charge >= 0.3 is 0 Å². The Balaban J connectivity index is 2.17. The van der Waals surface area contributed by atoms with Gasteiger partial charge in [0.2, 0.25) is 0 Å². The highest BCUT2D eigenvalue weighted by atomic mass is 127. The molecule has 3 heteroatoms. The molecule has 0 fully saturated rings. The Morgan fingerprint density at radius 1 is 1.16 bits per heavy atom. The number of nitrogens with zero attached hydrogens (tertiary/aromatic N) is 1. The van der Waals surface area contributed by atoms with Crippen LogP contribution < -0.4 is 0 Å². The molecule has 2 nitrogen and oxygen atoms in total. The molecule has 2 aromatic rings. The van der Waals surface area contributed by atoms with Crippen molar-refractivity contribution in [1.82, 2.24) is 4.57 Å². The maximum atomic E-state index is 12.2. The topological polar surface area (TPSA) is 22.0 Å². The van der Waals surface area contributed by atoms with Crippen molar-refractivity contribution in [2.24, 2.45) is 5.41 Å². The monoisotopic (exact) mass is 365 g/mol. The van der Waals surface area contributed by atoms with Crippen LogP contribution in [-0.2, 0) is 6.42 Å². The van der Waals surface area contributed by atoms with Crippen LogP contribution in [0, 0.1) is 8.99 Å². The van der Waals surface area contributed by atoms with Crippen LogP contribution in [0.25, 0.3) is 5.69 Å². The summed E-state index contributed by atoms with van der Waals surface area (Å²) in [6, 6.07) is 10.2. The van der Waals surface area contributed by atoms with Gasteiger partial charge in [0.15, 0.2) is 5.78 Å². The number of carbonyl (C=O) groups excluding carboxylic acids is 1. The zero-order valence-corrected chi connectivity index (χ0v) is 13.3. The molecule has 1 aliphatic rings. The van der Waals surface area contributed by atoms with E-state index in [1.807, 2.05) is 24.4 Å². The molecule has 0 bridgehead atoms. The van der Waals surface area contributed by atoms with E-state index in [4.69, 9.17) is 0 Å². The average molecular weight is 365 g/mol. The number of ketones is 1. The van der Waals surface area contributed by atoms with Gasteiger partial charge in [-0.1, -0.05) is 26.0 Å². The highest BCUT2D eigenvalue weighted by Gasteiger charge is 2.33. The van der Waals surface area contributed by atoms with Crippen molar-refractivity contribution >= 4 is 28.4 Å². The third kappa shape index (κ3) is 2.24. The minimum absolute atomic E-state index is 0.0560. The van der Waals surface area contributed by atoms with E-state index in [1.54, 1.807) is 0 Å². The molecule has 0 radical (unpaired) electrons. The molecule has 19 heavy (non-hydrogen) atoms. The summed E-state index contributed by atoms with van der Waals surface area (Å²) < 4.78 is 3.38. The van der Waals surface area contributed by atoms with E-state index in [0.29, 0.717) is 6.42 Å². The van der Waals surface area contributed by atoms with Crippen LogP contribution in [0.3, 0.4) is 0 Å². The van der Waals surface area contributed by atoms with Crippen molar-refractivity contribution in [3.63, 3.8) is 0 Å². The van der Waals surface area contributed by atoms with Gasteiger partial charge in [0.1, 0.15) is 0 Å². The molecule has 0 atom stereocenters. The van der Waals surface area contributed by atoms with Gasteiger partial charge in [-0.3, -0.25) is 4.79 Å². The van der Waals surface area contributed by atoms with Crippen molar-refractivity contribution in [2.75, 3.05) is 0 Å². The van der Waals surface area contributed by atoms with Gasteiger partial charge in [-0.2, -0.15) is 0 Å². The third-order valence-electron chi connectivity index (χ3n) is 3.69. The standard InChI is InChI=1S/C16H16INO/c1-16(2)9-14-11(15(19)10-16)7-8-18(14)13-6-4-3-5-12(13)17/h3-8H,9-10H2,1-2H3. The Morgan fingerprint density at radius 3 is 2.63 bits per heavy atom. The van der Waals surface area contributed by atoms with Crippen LogP contribution in [0.2, 0.25) is 0 Å². The Bertz CT molecular complexity index is 655. The summed E-state index contributed by atoms with van der Waals surface area (Å²) in [6.07, 6.45) is 3.63. The fourth-order valence-corrected chi connectivity index (χ4v) is 3.47. The first-order valence-corrected chi connectivity index (χ1v) is 7.54. The van der Waals surface area contributed by atoms with Crippen LogP contribution in [0.5, 0.6) is 0 Å². The molecule has 1 heterocycles. The molecule has 0 aliphatic heterocycles. The predicted molar refractivity (Wildman–Crippen MR) is 84.9 cm³/mol. The van der Waals surface area contributed by atoms with Crippen LogP contribution in [-0.4, -0.2) is 10.4 Å². The van der Waals surface area contributed by atoms with E-state index >= 15 is 0 Å². The molecule has 98 valence electrons. The fraction of sp³-hybridized carbons (Fsp3) is 0.312. The number of hydrogen-bond acceptors (Lipinski definition) is 1. The molecule has 3 rings (SSSR count). The van der Waals surface area contributed by atoms with Crippen LogP contribution in [0.1, 0.15) is 36.3 Å². The Hall–Kier alpha value is -1.10. The molecule has 0 saturated heterocycles. The van der Waals surface area contributed by atoms with E-state index in [-0.39, 0.29) is 11.2 Å². The van der Waals surface area contributed by atoms with Crippen LogP contribution in [0.4, 0.5) is 0 Å². The number of carbonyl (C=O) groups is 1. The Morgan fingerprint density at radius 2 is 1.89 bits per heavy atom. The second-order valence-electron chi connectivity index (χ2n) is 5.94. The second-order valence-corrected chi connectivity index (χ2v) is 7.10. The van der Waals surface area contributed by atoms with Crippen molar-refractivity contribution in [1.29, 1.82) is 0 Å². The highest BCUT2D eigenvalue weighted by molar-refractivity contribution is 14.1. The van der Waals surface area contributed by atoms with Gasteiger partial charge in [-0.05, 0) is 52.6 Å². The number of rotatable bonds is 1. The molecule has 0 saturated carbocycles. The predicted octanol–water partition coefficient (Wildman–Crippen LogP) is 4.24. The molecule has 1 aromatic carbocycles. The first-order valence-electron chi connectivity index (χ1n) is 6.46. The van der Waals surface area contributed by atoms with Crippen molar-refractivity contribution < 1.29 is 4.79 Å². The molecule has 0 unspecified atom stereocenters. The summed E-state index contributed by atoms with van der Waals surface area (Å²) >= 11 is 2.34. The number of hydrogen-bond donors (Lipinski definition) is 0. The third-order valence-corrected chi connectivity index (χ3v) is 4.60. The molecule has 0 spiro atoms. The smallest absolute Gasteiger partial charge is 0.165 e. The van der Waals surface area contributed by atoms with E-state index in [2.05, 4.69) is 53.1 Å². The summed E-state index contributed by atoms with van der Waals surface area (Å²) in [4.78, 5) is 12.2. The van der Waals surface area contributed by atoms with E-state index in [1.165, 1.54) is 3.57 Å². The lowest BCUT2D eigenvalue weighted by atomic mass is 9.76. The molecule has 1 aliphatic carbocycles. The first-order chi connectivity index (χ1) is 8.98. The van der Waals surface area contributed by atoms with Crippen molar-refractivity contribution in [2.45, 2.75) is 26.7 Å². The second kappa shape index (κ2) is 4.47. The lowest BCUT2D eigenvalue weighted by molar-refractivity contribution is 0.0911. The lowest BCUT2D eigenvalue weighted by Gasteiger charge is -2.29. The van der Waals surface area contributed by atoms with Crippen molar-refractivity contribution in [3.05, 3.63) is 51.4 Å². The number of Topliss-reactive ketones (excluding diaryl/α,β-unsaturated/α-hetero) is 1. The molecular formula is C16H16INO. The fourth-order valence-electron chi connectivity index (χ4n) is 2.82. The van der Waals surface area contributed by atoms with Gasteiger partial charge in [0.25, 0.3) is 0 Å². The summed E-state index contributed by atoms with van der Waals surface area (Å²) in [7, 11) is 0. The lowest BCUT2D eigenvalue weighted by Crippen LogP contribution is -2.27. The van der Waals surface area contributed by atoms with Gasteiger partial charge in [-0.15, -0.1) is 0 Å². The molecular weight excluding hydrogens is 349 g/mol. The van der Waals surface area contributed by atoms with Gasteiger partial charge in [-0.25, -0.2) is 0 Å². The van der Waals surface area contributed by atoms with Crippen LogP contribution >= 0.6 is 22.6 Å². The zero-order chi connectivity index (χ0) is 13.6. The largest absolute Gasteiger partial charge is 0.319 e. The summed E-state index contributed by atoms with van der Waals surface area (Å²) in [5.74, 6) is 0.274. The number of halogens is 1. The molecule has 1 aromatic heterocycles. The summed E-state index contributed by atoms with van der Waals surface area (Å²) in [5, 5.41) is 0. The van der Waals surface area contributed by atoms with Gasteiger partial charge in [0, 0.05) is 27.4 Å². The number of aromatic nitrogens is 1. The maximum absolute atomic E-state index is 12.2. The zero-order valence-electron chi connectivity index (χ0n) is 11.1. The van der Waals surface area contributed by atoms with Gasteiger partial charge in [0.05, 0.1) is 5.69 Å². The minimum Gasteiger partial charge on any atom is -0.319 e. The minimum atomic E-state index is 0.0560. The van der Waals surface area contributed by atoms with E-state index in [0.717, 1.165) is 23.4 Å². The Labute approximate surface area is 127 Å². The quantitative estimate of drug-likeness (QED) is 0.693. The van der Waals surface area contributed by atoms with E-state index in [9.17, 15) is 4.79 Å². The normalized spacial score (nSPS) is 17.3. The number of benzene rings is 1. The maximum Gasteiger partial charge on any atom is 0.165 e. The molecule has 0 amide bonds. The van der Waals surface area contributed by atoms with Crippen molar-refractivity contribution in [3.8, 4) is 5.69 Å².